The van der Waals surface area contributed by atoms with Crippen LogP contribution in [0.4, 0.5) is 0 Å². The van der Waals surface area contributed by atoms with E-state index in [0.717, 1.165) is 38.4 Å². The van der Waals surface area contributed by atoms with Crippen molar-refractivity contribution in [3.05, 3.63) is 18.2 Å². The summed E-state index contributed by atoms with van der Waals surface area (Å²) in [5, 5.41) is 0. The second-order valence-corrected chi connectivity index (χ2v) is 7.00. The van der Waals surface area contributed by atoms with E-state index in [4.69, 9.17) is 10.5 Å². The lowest BCUT2D eigenvalue weighted by Gasteiger charge is -2.30. The average molecular weight is 280 g/mol. The molecule has 0 amide bonds. The zero-order valence-electron chi connectivity index (χ0n) is 13.2. The minimum Gasteiger partial charge on any atom is -0.381 e. The van der Waals surface area contributed by atoms with Crippen molar-refractivity contribution in [1.29, 1.82) is 0 Å². The first-order chi connectivity index (χ1) is 9.39. The molecule has 0 aromatic carbocycles. The van der Waals surface area contributed by atoms with E-state index in [-0.39, 0.29) is 11.5 Å². The summed E-state index contributed by atoms with van der Waals surface area (Å²) in [4.78, 5) is 6.53. The summed E-state index contributed by atoms with van der Waals surface area (Å²) >= 11 is 0. The zero-order valence-corrected chi connectivity index (χ0v) is 13.2. The van der Waals surface area contributed by atoms with Crippen molar-refractivity contribution in [1.82, 2.24) is 14.5 Å². The summed E-state index contributed by atoms with van der Waals surface area (Å²) in [6.07, 6.45) is 4.87. The molecule has 2 heterocycles. The Bertz CT molecular complexity index is 421. The van der Waals surface area contributed by atoms with Gasteiger partial charge in [0.15, 0.2) is 0 Å². The monoisotopic (exact) mass is 280 g/mol. The second kappa shape index (κ2) is 6.24. The van der Waals surface area contributed by atoms with Gasteiger partial charge in [-0.1, -0.05) is 13.8 Å². The van der Waals surface area contributed by atoms with Crippen LogP contribution >= 0.6 is 0 Å². The Hall–Kier alpha value is -0.910. The van der Waals surface area contributed by atoms with Crippen molar-refractivity contribution in [3.63, 3.8) is 0 Å². The Labute approximate surface area is 122 Å². The molecule has 114 valence electrons. The first-order valence-corrected chi connectivity index (χ1v) is 7.37. The number of nitrogens with two attached hydrogens (primary N) is 1. The maximum Gasteiger partial charge on any atom is 0.0948 e. The highest BCUT2D eigenvalue weighted by molar-refractivity contribution is 5.07. The lowest BCUT2D eigenvalue weighted by Crippen LogP contribution is -2.34. The summed E-state index contributed by atoms with van der Waals surface area (Å²) in [6.45, 7) is 8.13. The Morgan fingerprint density at radius 1 is 1.55 bits per heavy atom. The molecule has 1 saturated heterocycles. The van der Waals surface area contributed by atoms with Gasteiger partial charge in [-0.2, -0.15) is 0 Å². The van der Waals surface area contributed by atoms with Gasteiger partial charge in [-0.3, -0.25) is 0 Å². The Kier molecular flexibility index (Phi) is 4.83. The van der Waals surface area contributed by atoms with Crippen molar-refractivity contribution in [2.24, 2.45) is 17.1 Å². The number of rotatable bonds is 6. The highest BCUT2D eigenvalue weighted by Gasteiger charge is 2.28. The highest BCUT2D eigenvalue weighted by Crippen LogP contribution is 2.28. The van der Waals surface area contributed by atoms with E-state index >= 15 is 0 Å². The lowest BCUT2D eigenvalue weighted by molar-refractivity contribution is 0.178. The summed E-state index contributed by atoms with van der Waals surface area (Å²) in [5.74, 6) is 0.419. The first kappa shape index (κ1) is 15.5. The molecule has 5 heteroatoms. The lowest BCUT2D eigenvalue weighted by atomic mass is 9.92. The van der Waals surface area contributed by atoms with E-state index in [9.17, 15) is 0 Å². The van der Waals surface area contributed by atoms with Gasteiger partial charge in [0.2, 0.25) is 0 Å². The molecule has 20 heavy (non-hydrogen) atoms. The van der Waals surface area contributed by atoms with Gasteiger partial charge >= 0.3 is 0 Å². The predicted molar refractivity (Wildman–Crippen MR) is 80.4 cm³/mol. The van der Waals surface area contributed by atoms with E-state index < -0.39 is 0 Å². The van der Waals surface area contributed by atoms with E-state index in [1.165, 1.54) is 0 Å². The molecule has 2 unspecified atom stereocenters. The molecule has 1 aromatic rings. The first-order valence-electron chi connectivity index (χ1n) is 7.37. The largest absolute Gasteiger partial charge is 0.381 e. The van der Waals surface area contributed by atoms with Gasteiger partial charge in [-0.25, -0.2) is 4.98 Å². The van der Waals surface area contributed by atoms with Crippen LogP contribution in [0.2, 0.25) is 0 Å². The van der Waals surface area contributed by atoms with Crippen LogP contribution in [0.1, 0.15) is 32.0 Å². The van der Waals surface area contributed by atoms with Crippen molar-refractivity contribution < 1.29 is 4.74 Å². The molecule has 1 aliphatic heterocycles. The molecular weight excluding hydrogens is 252 g/mol. The highest BCUT2D eigenvalue weighted by atomic mass is 16.5. The minimum absolute atomic E-state index is 0.0233. The van der Waals surface area contributed by atoms with Crippen molar-refractivity contribution in [3.8, 4) is 0 Å². The van der Waals surface area contributed by atoms with Crippen LogP contribution in [0.5, 0.6) is 0 Å². The van der Waals surface area contributed by atoms with Gasteiger partial charge in [-0.15, -0.1) is 0 Å². The molecule has 1 fully saturated rings. The molecule has 2 rings (SSSR count). The third kappa shape index (κ3) is 3.81. The van der Waals surface area contributed by atoms with Crippen LogP contribution in [0.3, 0.4) is 0 Å². The maximum absolute atomic E-state index is 6.41. The van der Waals surface area contributed by atoms with Gasteiger partial charge in [0.05, 0.1) is 24.7 Å². The molecular formula is C15H28N4O. The van der Waals surface area contributed by atoms with Crippen LogP contribution in [0.25, 0.3) is 0 Å². The predicted octanol–water partition coefficient (Wildman–Crippen LogP) is 1.51. The maximum atomic E-state index is 6.41. The van der Waals surface area contributed by atoms with Crippen LogP contribution in [0, 0.1) is 11.3 Å². The van der Waals surface area contributed by atoms with Crippen LogP contribution in [-0.4, -0.2) is 48.3 Å². The fourth-order valence-corrected chi connectivity index (χ4v) is 3.19. The zero-order chi connectivity index (χ0) is 14.8. The quantitative estimate of drug-likeness (QED) is 0.858. The topological polar surface area (TPSA) is 56.3 Å². The van der Waals surface area contributed by atoms with Crippen LogP contribution in [-0.2, 0) is 11.3 Å². The Morgan fingerprint density at radius 3 is 2.90 bits per heavy atom. The smallest absolute Gasteiger partial charge is 0.0948 e. The molecule has 0 aliphatic carbocycles. The Balaban J connectivity index is 2.08. The summed E-state index contributed by atoms with van der Waals surface area (Å²) in [6, 6.07) is 0.0233. The number of nitrogens with zero attached hydrogens (tertiary/aromatic N) is 3. The number of hydrogen-bond donors (Lipinski definition) is 1. The normalized spacial score (nSPS) is 21.6. The van der Waals surface area contributed by atoms with E-state index in [0.29, 0.717) is 5.92 Å². The van der Waals surface area contributed by atoms with Crippen molar-refractivity contribution in [2.45, 2.75) is 32.9 Å². The summed E-state index contributed by atoms with van der Waals surface area (Å²) in [5.41, 5.74) is 7.73. The number of ether oxygens (including phenoxy) is 1. The van der Waals surface area contributed by atoms with E-state index in [1.54, 1.807) is 0 Å². The Morgan fingerprint density at radius 2 is 2.30 bits per heavy atom. The van der Waals surface area contributed by atoms with Gasteiger partial charge in [-0.05, 0) is 25.9 Å². The van der Waals surface area contributed by atoms with Gasteiger partial charge in [0.1, 0.15) is 0 Å². The summed E-state index contributed by atoms with van der Waals surface area (Å²) < 4.78 is 7.67. The molecule has 0 radical (unpaired) electrons. The molecule has 1 aliphatic rings. The van der Waals surface area contributed by atoms with Crippen molar-refractivity contribution in [2.75, 3.05) is 33.9 Å². The number of hydrogen-bond acceptors (Lipinski definition) is 4. The second-order valence-electron chi connectivity index (χ2n) is 7.00. The molecule has 0 saturated carbocycles. The molecule has 5 nitrogen and oxygen atoms in total. The molecule has 2 atom stereocenters. The third-order valence-electron chi connectivity index (χ3n) is 3.90. The summed E-state index contributed by atoms with van der Waals surface area (Å²) in [7, 11) is 4.22. The van der Waals surface area contributed by atoms with E-state index in [1.807, 2.05) is 12.5 Å². The minimum atomic E-state index is 0.0233. The van der Waals surface area contributed by atoms with Crippen LogP contribution in [0.15, 0.2) is 12.5 Å². The molecule has 1 aromatic heterocycles. The molecule has 0 spiro atoms. The van der Waals surface area contributed by atoms with Crippen molar-refractivity contribution >= 4 is 0 Å². The standard InChI is InChI=1S/C15H28N4O/c1-15(2,9-18(3)4)10-19-11-17-7-13(19)14(16)12-5-6-20-8-12/h7,11-12,14H,5-6,8-10,16H2,1-4H3. The number of aromatic nitrogens is 2. The fraction of sp³-hybridized carbons (Fsp3) is 0.800. The third-order valence-corrected chi connectivity index (χ3v) is 3.90. The molecule has 0 bridgehead atoms. The van der Waals surface area contributed by atoms with Gasteiger partial charge in [0, 0.05) is 31.8 Å². The van der Waals surface area contributed by atoms with E-state index in [2.05, 4.69) is 42.4 Å². The molecule has 2 N–H and O–H groups in total. The number of imidazole rings is 1. The average Bonchev–Trinajstić information content (AvgIpc) is 2.95. The van der Waals surface area contributed by atoms with Gasteiger partial charge in [0.25, 0.3) is 0 Å². The van der Waals surface area contributed by atoms with Gasteiger partial charge < -0.3 is 19.9 Å². The van der Waals surface area contributed by atoms with Crippen LogP contribution < -0.4 is 5.73 Å². The fourth-order valence-electron chi connectivity index (χ4n) is 3.19. The SMILES string of the molecule is CN(C)CC(C)(C)Cn1cncc1C(N)C1CCOC1.